The first kappa shape index (κ1) is 14.4. The van der Waals surface area contributed by atoms with Crippen molar-refractivity contribution < 1.29 is 14.3 Å². The van der Waals surface area contributed by atoms with Crippen LogP contribution in [0.2, 0.25) is 0 Å². The van der Waals surface area contributed by atoms with Gasteiger partial charge >= 0.3 is 0 Å². The number of nitrogens with zero attached hydrogens (tertiary/aromatic N) is 1. The molecule has 18 heavy (non-hydrogen) atoms. The van der Waals surface area contributed by atoms with Crippen LogP contribution in [0.25, 0.3) is 0 Å². The third-order valence-electron chi connectivity index (χ3n) is 2.62. The topological polar surface area (TPSA) is 52.6 Å². The van der Waals surface area contributed by atoms with E-state index in [1.165, 1.54) is 11.0 Å². The quantitative estimate of drug-likeness (QED) is 0.836. The minimum absolute atomic E-state index is 0.0960. The molecule has 0 saturated carbocycles. The first-order valence-electron chi connectivity index (χ1n) is 5.91. The molecule has 2 N–H and O–H groups in total. The van der Waals surface area contributed by atoms with Gasteiger partial charge in [0.25, 0.3) is 0 Å². The van der Waals surface area contributed by atoms with E-state index in [2.05, 4.69) is 5.32 Å². The molecule has 0 spiro atoms. The molecule has 0 aliphatic rings. The van der Waals surface area contributed by atoms with Crippen LogP contribution in [0.3, 0.4) is 0 Å². The lowest BCUT2D eigenvalue weighted by Crippen LogP contribution is -2.35. The molecule has 1 amide bonds. The van der Waals surface area contributed by atoms with Crippen molar-refractivity contribution in [2.45, 2.75) is 20.0 Å². The highest BCUT2D eigenvalue weighted by Gasteiger charge is 2.12. The lowest BCUT2D eigenvalue weighted by atomic mass is 10.1. The molecule has 0 saturated heterocycles. The second-order valence-electron chi connectivity index (χ2n) is 4.20. The van der Waals surface area contributed by atoms with Gasteiger partial charge in [-0.2, -0.15) is 0 Å². The standard InChI is InChI=1S/C13H19FN2O2/c1-4-15-13(18)8-16(3)12-6-5-10(9(2)17)7-11(12)14/h5-7,9,17H,4,8H2,1-3H3,(H,15,18). The summed E-state index contributed by atoms with van der Waals surface area (Å²) in [4.78, 5) is 12.9. The zero-order valence-corrected chi connectivity index (χ0v) is 10.9. The van der Waals surface area contributed by atoms with Gasteiger partial charge in [0.2, 0.25) is 5.91 Å². The Kier molecular flexibility index (Phi) is 5.09. The van der Waals surface area contributed by atoms with E-state index < -0.39 is 11.9 Å². The van der Waals surface area contributed by atoms with E-state index in [1.807, 2.05) is 6.92 Å². The van der Waals surface area contributed by atoms with Crippen LogP contribution in [0.15, 0.2) is 18.2 Å². The first-order valence-corrected chi connectivity index (χ1v) is 5.91. The number of hydrogen-bond acceptors (Lipinski definition) is 3. The highest BCUT2D eigenvalue weighted by atomic mass is 19.1. The van der Waals surface area contributed by atoms with E-state index in [9.17, 15) is 14.3 Å². The van der Waals surface area contributed by atoms with Crippen LogP contribution in [0.5, 0.6) is 0 Å². The molecule has 1 aromatic carbocycles. The molecule has 100 valence electrons. The number of hydrogen-bond donors (Lipinski definition) is 2. The number of anilines is 1. The van der Waals surface area contributed by atoms with Crippen molar-refractivity contribution in [1.29, 1.82) is 0 Å². The summed E-state index contributed by atoms with van der Waals surface area (Å²) >= 11 is 0. The van der Waals surface area contributed by atoms with Gasteiger partial charge in [-0.25, -0.2) is 4.39 Å². The molecule has 5 heteroatoms. The van der Waals surface area contributed by atoms with E-state index in [4.69, 9.17) is 0 Å². The van der Waals surface area contributed by atoms with E-state index in [1.54, 1.807) is 26.1 Å². The summed E-state index contributed by atoms with van der Waals surface area (Å²) < 4.78 is 13.8. The molecule has 0 aliphatic carbocycles. The number of halogens is 1. The SMILES string of the molecule is CCNC(=O)CN(C)c1ccc(C(C)O)cc1F. The van der Waals surface area contributed by atoms with E-state index in [0.29, 0.717) is 17.8 Å². The third kappa shape index (κ3) is 3.70. The van der Waals surface area contributed by atoms with E-state index in [-0.39, 0.29) is 12.5 Å². The molecule has 0 radical (unpaired) electrons. The molecule has 1 atom stereocenters. The van der Waals surface area contributed by atoms with Gasteiger partial charge in [-0.05, 0) is 31.5 Å². The van der Waals surface area contributed by atoms with Gasteiger partial charge in [0.05, 0.1) is 18.3 Å². The van der Waals surface area contributed by atoms with Gasteiger partial charge in [-0.1, -0.05) is 6.07 Å². The van der Waals surface area contributed by atoms with Crippen LogP contribution in [0, 0.1) is 5.82 Å². The largest absolute Gasteiger partial charge is 0.389 e. The van der Waals surface area contributed by atoms with Crippen molar-refractivity contribution in [3.63, 3.8) is 0 Å². The monoisotopic (exact) mass is 254 g/mol. The Morgan fingerprint density at radius 1 is 1.56 bits per heavy atom. The average molecular weight is 254 g/mol. The number of carbonyl (C=O) groups is 1. The zero-order chi connectivity index (χ0) is 13.7. The maximum Gasteiger partial charge on any atom is 0.239 e. The first-order chi connectivity index (χ1) is 8.45. The molecular weight excluding hydrogens is 235 g/mol. The summed E-state index contributed by atoms with van der Waals surface area (Å²) in [5.41, 5.74) is 0.855. The van der Waals surface area contributed by atoms with Crippen LogP contribution >= 0.6 is 0 Å². The van der Waals surface area contributed by atoms with Crippen molar-refractivity contribution >= 4 is 11.6 Å². The minimum Gasteiger partial charge on any atom is -0.389 e. The van der Waals surface area contributed by atoms with E-state index in [0.717, 1.165) is 0 Å². The van der Waals surface area contributed by atoms with Crippen molar-refractivity contribution in [2.75, 3.05) is 25.0 Å². The maximum atomic E-state index is 13.8. The van der Waals surface area contributed by atoms with Crippen LogP contribution < -0.4 is 10.2 Å². The summed E-state index contributed by atoms with van der Waals surface area (Å²) in [6.07, 6.45) is -0.706. The molecule has 1 rings (SSSR count). The predicted octanol–water partition coefficient (Wildman–Crippen LogP) is 1.45. The van der Waals surface area contributed by atoms with Crippen molar-refractivity contribution in [3.8, 4) is 0 Å². The Morgan fingerprint density at radius 2 is 2.22 bits per heavy atom. The summed E-state index contributed by atoms with van der Waals surface area (Å²) in [6, 6.07) is 4.50. The van der Waals surface area contributed by atoms with Crippen molar-refractivity contribution in [2.24, 2.45) is 0 Å². The number of amides is 1. The molecule has 1 unspecified atom stereocenters. The number of nitrogens with one attached hydrogen (secondary N) is 1. The fraction of sp³-hybridized carbons (Fsp3) is 0.462. The number of likely N-dealkylation sites (N-methyl/N-ethyl adjacent to an activating group) is 2. The molecule has 4 nitrogen and oxygen atoms in total. The van der Waals surface area contributed by atoms with Gasteiger partial charge in [-0.15, -0.1) is 0 Å². The lowest BCUT2D eigenvalue weighted by molar-refractivity contribution is -0.119. The van der Waals surface area contributed by atoms with Crippen LogP contribution in [-0.4, -0.2) is 31.2 Å². The Bertz CT molecular complexity index is 421. The normalized spacial score (nSPS) is 12.1. The fourth-order valence-electron chi connectivity index (χ4n) is 1.65. The van der Waals surface area contributed by atoms with Gasteiger partial charge in [0.15, 0.2) is 0 Å². The number of carbonyl (C=O) groups excluding carboxylic acids is 1. The molecule has 0 aromatic heterocycles. The van der Waals surface area contributed by atoms with Gasteiger partial charge in [0, 0.05) is 13.6 Å². The van der Waals surface area contributed by atoms with E-state index >= 15 is 0 Å². The summed E-state index contributed by atoms with van der Waals surface area (Å²) in [6.45, 7) is 4.05. The lowest BCUT2D eigenvalue weighted by Gasteiger charge is -2.20. The summed E-state index contributed by atoms with van der Waals surface area (Å²) in [5, 5.41) is 12.0. The van der Waals surface area contributed by atoms with Crippen LogP contribution in [0.4, 0.5) is 10.1 Å². The average Bonchev–Trinajstić information content (AvgIpc) is 2.28. The number of benzene rings is 1. The van der Waals surface area contributed by atoms with Gasteiger partial charge in [-0.3, -0.25) is 4.79 Å². The Morgan fingerprint density at radius 3 is 2.72 bits per heavy atom. The third-order valence-corrected chi connectivity index (χ3v) is 2.62. The Balaban J connectivity index is 2.80. The zero-order valence-electron chi connectivity index (χ0n) is 10.9. The minimum atomic E-state index is -0.706. The molecule has 0 fully saturated rings. The Labute approximate surface area is 106 Å². The summed E-state index contributed by atoms with van der Waals surface area (Å²) in [5.74, 6) is -0.598. The molecule has 1 aromatic rings. The molecule has 0 bridgehead atoms. The smallest absolute Gasteiger partial charge is 0.239 e. The van der Waals surface area contributed by atoms with Gasteiger partial charge in [0.1, 0.15) is 5.82 Å². The molecule has 0 aliphatic heterocycles. The van der Waals surface area contributed by atoms with Crippen molar-refractivity contribution in [3.05, 3.63) is 29.6 Å². The number of rotatable bonds is 5. The number of aliphatic hydroxyl groups excluding tert-OH is 1. The second-order valence-corrected chi connectivity index (χ2v) is 4.20. The molecule has 0 heterocycles. The summed E-state index contributed by atoms with van der Waals surface area (Å²) in [7, 11) is 1.65. The highest BCUT2D eigenvalue weighted by Crippen LogP contribution is 2.22. The number of aliphatic hydroxyl groups is 1. The van der Waals surface area contributed by atoms with Crippen LogP contribution in [0.1, 0.15) is 25.5 Å². The maximum absolute atomic E-state index is 13.8. The predicted molar refractivity (Wildman–Crippen MR) is 69.0 cm³/mol. The van der Waals surface area contributed by atoms with Gasteiger partial charge < -0.3 is 15.3 Å². The Hall–Kier alpha value is -1.62. The molecular formula is C13H19FN2O2. The second kappa shape index (κ2) is 6.35. The van der Waals surface area contributed by atoms with Crippen molar-refractivity contribution in [1.82, 2.24) is 5.32 Å². The van der Waals surface area contributed by atoms with Crippen LogP contribution in [-0.2, 0) is 4.79 Å². The highest BCUT2D eigenvalue weighted by molar-refractivity contribution is 5.81. The fourth-order valence-corrected chi connectivity index (χ4v) is 1.65.